The minimum Gasteiger partial charge on any atom is -0.386 e. The second kappa shape index (κ2) is 9.24. The maximum absolute atomic E-state index is 12.5. The number of aromatic nitrogens is 1. The van der Waals surface area contributed by atoms with Gasteiger partial charge in [0.2, 0.25) is 0 Å². The van der Waals surface area contributed by atoms with Crippen LogP contribution in [0.25, 0.3) is 0 Å². The summed E-state index contributed by atoms with van der Waals surface area (Å²) in [6.07, 6.45) is 6.49. The molecule has 1 aromatic carbocycles. The minimum absolute atomic E-state index is 0.0435. The van der Waals surface area contributed by atoms with Gasteiger partial charge in [-0.2, -0.15) is 5.26 Å². The van der Waals surface area contributed by atoms with Crippen molar-refractivity contribution in [1.82, 2.24) is 10.3 Å². The van der Waals surface area contributed by atoms with Crippen LogP contribution >= 0.6 is 0 Å². The fraction of sp³-hybridized carbons (Fsp3) is 0.250. The van der Waals surface area contributed by atoms with Crippen LogP contribution in [-0.2, 0) is 24.2 Å². The largest absolute Gasteiger partial charge is 0.386 e. The number of amides is 1. The molecule has 0 bridgehead atoms. The van der Waals surface area contributed by atoms with Gasteiger partial charge in [0.25, 0.3) is 5.91 Å². The molecule has 1 aromatic heterocycles. The molecule has 0 saturated carbocycles. The van der Waals surface area contributed by atoms with E-state index in [2.05, 4.69) is 15.6 Å². The third kappa shape index (κ3) is 4.92. The van der Waals surface area contributed by atoms with Crippen LogP contribution in [0.1, 0.15) is 30.5 Å². The van der Waals surface area contributed by atoms with E-state index >= 15 is 0 Å². The topological polar surface area (TPSA) is 77.8 Å². The molecule has 0 spiro atoms. The van der Waals surface area contributed by atoms with Gasteiger partial charge in [0.05, 0.1) is 0 Å². The van der Waals surface area contributed by atoms with E-state index < -0.39 is 5.91 Å². The number of carbonyl (C=O) groups is 1. The summed E-state index contributed by atoms with van der Waals surface area (Å²) in [6, 6.07) is 11.7. The molecule has 0 aliphatic rings. The first-order valence-corrected chi connectivity index (χ1v) is 8.34. The molecule has 0 unspecified atom stereocenters. The highest BCUT2D eigenvalue weighted by Crippen LogP contribution is 2.23. The van der Waals surface area contributed by atoms with Gasteiger partial charge in [-0.3, -0.25) is 9.78 Å². The standard InChI is InChI=1S/C20H22N4O/c1-3-16-6-5-7-17(4-2)19(16)24-20(25)18(12-21)14-23-13-15-8-10-22-11-9-15/h5-11,14,23H,3-4,13H2,1-2H3,(H,24,25)/b18-14-. The average molecular weight is 334 g/mol. The molecule has 2 aromatic rings. The Morgan fingerprint density at radius 3 is 2.36 bits per heavy atom. The Bertz CT molecular complexity index is 769. The van der Waals surface area contributed by atoms with Crippen molar-refractivity contribution in [2.75, 3.05) is 5.32 Å². The molecule has 2 rings (SSSR count). The van der Waals surface area contributed by atoms with E-state index in [1.54, 1.807) is 12.4 Å². The SMILES string of the molecule is CCc1cccc(CC)c1NC(=O)/C(C#N)=C\NCc1ccncc1. The van der Waals surface area contributed by atoms with Gasteiger partial charge < -0.3 is 10.6 Å². The quantitative estimate of drug-likeness (QED) is 0.601. The molecule has 1 heterocycles. The Labute approximate surface area is 148 Å². The molecular formula is C20H22N4O. The van der Waals surface area contributed by atoms with E-state index in [0.29, 0.717) is 6.54 Å². The minimum atomic E-state index is -0.402. The second-order valence-corrected chi connectivity index (χ2v) is 5.52. The first-order chi connectivity index (χ1) is 12.2. The summed E-state index contributed by atoms with van der Waals surface area (Å²) in [5.74, 6) is -0.402. The Morgan fingerprint density at radius 2 is 1.80 bits per heavy atom. The van der Waals surface area contributed by atoms with Crippen molar-refractivity contribution >= 4 is 11.6 Å². The van der Waals surface area contributed by atoms with Crippen LogP contribution in [0.2, 0.25) is 0 Å². The van der Waals surface area contributed by atoms with Gasteiger partial charge in [-0.1, -0.05) is 32.0 Å². The Kier molecular flexibility index (Phi) is 6.73. The molecule has 25 heavy (non-hydrogen) atoms. The lowest BCUT2D eigenvalue weighted by Crippen LogP contribution is -2.18. The number of hydrogen-bond donors (Lipinski definition) is 2. The van der Waals surface area contributed by atoms with Crippen molar-refractivity contribution in [2.45, 2.75) is 33.2 Å². The van der Waals surface area contributed by atoms with Crippen LogP contribution in [0.3, 0.4) is 0 Å². The van der Waals surface area contributed by atoms with Crippen LogP contribution < -0.4 is 10.6 Å². The highest BCUT2D eigenvalue weighted by atomic mass is 16.1. The monoisotopic (exact) mass is 334 g/mol. The number of rotatable bonds is 7. The molecule has 0 fully saturated rings. The lowest BCUT2D eigenvalue weighted by atomic mass is 10.0. The molecule has 0 atom stereocenters. The maximum Gasteiger partial charge on any atom is 0.267 e. The zero-order valence-electron chi connectivity index (χ0n) is 14.5. The van der Waals surface area contributed by atoms with Gasteiger partial charge in [0.1, 0.15) is 11.6 Å². The number of carbonyl (C=O) groups excluding carboxylic acids is 1. The van der Waals surface area contributed by atoms with Gasteiger partial charge in [-0.15, -0.1) is 0 Å². The van der Waals surface area contributed by atoms with E-state index in [9.17, 15) is 10.1 Å². The van der Waals surface area contributed by atoms with Gasteiger partial charge >= 0.3 is 0 Å². The van der Waals surface area contributed by atoms with Gasteiger partial charge in [0.15, 0.2) is 0 Å². The van der Waals surface area contributed by atoms with Crippen LogP contribution in [0.15, 0.2) is 54.5 Å². The molecule has 0 saturated heterocycles. The van der Waals surface area contributed by atoms with Crippen LogP contribution in [0.4, 0.5) is 5.69 Å². The number of nitrogens with one attached hydrogen (secondary N) is 2. The number of hydrogen-bond acceptors (Lipinski definition) is 4. The second-order valence-electron chi connectivity index (χ2n) is 5.52. The zero-order valence-corrected chi connectivity index (χ0v) is 14.5. The molecule has 5 heteroatoms. The smallest absolute Gasteiger partial charge is 0.267 e. The summed E-state index contributed by atoms with van der Waals surface area (Å²) < 4.78 is 0. The van der Waals surface area contributed by atoms with Crippen LogP contribution in [0.5, 0.6) is 0 Å². The molecule has 1 amide bonds. The van der Waals surface area contributed by atoms with E-state index in [1.165, 1.54) is 6.20 Å². The number of nitriles is 1. The van der Waals surface area contributed by atoms with Crippen molar-refractivity contribution in [2.24, 2.45) is 0 Å². The van der Waals surface area contributed by atoms with E-state index in [0.717, 1.165) is 35.2 Å². The molecule has 2 N–H and O–H groups in total. The first kappa shape index (κ1) is 18.2. The van der Waals surface area contributed by atoms with E-state index in [-0.39, 0.29) is 5.57 Å². The molecule has 128 valence electrons. The zero-order chi connectivity index (χ0) is 18.1. The summed E-state index contributed by atoms with van der Waals surface area (Å²) in [5.41, 5.74) is 4.01. The van der Waals surface area contributed by atoms with Crippen LogP contribution in [0, 0.1) is 11.3 Å². The predicted molar refractivity (Wildman–Crippen MR) is 98.6 cm³/mol. The number of benzene rings is 1. The summed E-state index contributed by atoms with van der Waals surface area (Å²) in [4.78, 5) is 16.4. The van der Waals surface area contributed by atoms with E-state index in [4.69, 9.17) is 0 Å². The molecule has 0 aliphatic carbocycles. The maximum atomic E-state index is 12.5. The van der Waals surface area contributed by atoms with Crippen molar-refractivity contribution in [3.8, 4) is 6.07 Å². The fourth-order valence-corrected chi connectivity index (χ4v) is 2.50. The van der Waals surface area contributed by atoms with Crippen molar-refractivity contribution in [3.63, 3.8) is 0 Å². The highest BCUT2D eigenvalue weighted by Gasteiger charge is 2.13. The van der Waals surface area contributed by atoms with E-state index in [1.807, 2.05) is 50.2 Å². The normalized spacial score (nSPS) is 10.8. The first-order valence-electron chi connectivity index (χ1n) is 8.34. The number of nitrogens with zero attached hydrogens (tertiary/aromatic N) is 2. The third-order valence-electron chi connectivity index (χ3n) is 3.90. The predicted octanol–water partition coefficient (Wildman–Crippen LogP) is 3.34. The summed E-state index contributed by atoms with van der Waals surface area (Å²) in [5, 5.41) is 15.2. The van der Waals surface area contributed by atoms with Crippen molar-refractivity contribution in [1.29, 1.82) is 5.26 Å². The Morgan fingerprint density at radius 1 is 1.16 bits per heavy atom. The molecule has 0 aliphatic heterocycles. The number of anilines is 1. The number of aryl methyl sites for hydroxylation is 2. The summed E-state index contributed by atoms with van der Waals surface area (Å²) in [7, 11) is 0. The Hall–Kier alpha value is -3.13. The van der Waals surface area contributed by atoms with Crippen molar-refractivity contribution < 1.29 is 4.79 Å². The lowest BCUT2D eigenvalue weighted by molar-refractivity contribution is -0.112. The average Bonchev–Trinajstić information content (AvgIpc) is 2.66. The summed E-state index contributed by atoms with van der Waals surface area (Å²) in [6.45, 7) is 4.61. The lowest BCUT2D eigenvalue weighted by Gasteiger charge is -2.14. The number of para-hydroxylation sites is 1. The van der Waals surface area contributed by atoms with Gasteiger partial charge in [0, 0.05) is 30.8 Å². The van der Waals surface area contributed by atoms with Gasteiger partial charge in [-0.05, 0) is 41.7 Å². The fourth-order valence-electron chi connectivity index (χ4n) is 2.50. The summed E-state index contributed by atoms with van der Waals surface area (Å²) >= 11 is 0. The molecular weight excluding hydrogens is 312 g/mol. The van der Waals surface area contributed by atoms with Gasteiger partial charge in [-0.25, -0.2) is 0 Å². The number of pyridine rings is 1. The third-order valence-corrected chi connectivity index (χ3v) is 3.90. The molecule has 0 radical (unpaired) electrons. The van der Waals surface area contributed by atoms with Crippen LogP contribution in [-0.4, -0.2) is 10.9 Å². The van der Waals surface area contributed by atoms with Crippen molar-refractivity contribution in [3.05, 3.63) is 71.2 Å². The Balaban J connectivity index is 2.10. The molecule has 5 nitrogen and oxygen atoms in total. The highest BCUT2D eigenvalue weighted by molar-refractivity contribution is 6.07.